The molecule has 0 fully saturated rings. The van der Waals surface area contributed by atoms with Gasteiger partial charge in [0.2, 0.25) is 0 Å². The number of rotatable bonds is 4. The minimum atomic E-state index is 0.556. The van der Waals surface area contributed by atoms with Crippen LogP contribution in [-0.4, -0.2) is 6.61 Å². The maximum absolute atomic E-state index is 5.78. The Morgan fingerprint density at radius 2 is 2.00 bits per heavy atom. The molecule has 1 unspecified atom stereocenters. The molecule has 0 N–H and O–H groups in total. The van der Waals surface area contributed by atoms with E-state index >= 15 is 0 Å². The van der Waals surface area contributed by atoms with Crippen molar-refractivity contribution in [2.75, 3.05) is 6.61 Å². The molecule has 1 nitrogen and oxygen atoms in total. The van der Waals surface area contributed by atoms with Crippen molar-refractivity contribution in [3.8, 4) is 5.75 Å². The summed E-state index contributed by atoms with van der Waals surface area (Å²) in [4.78, 5) is 0. The largest absolute Gasteiger partial charge is 0.493 e. The summed E-state index contributed by atoms with van der Waals surface area (Å²) in [5.41, 5.74) is 1.59. The molecular weight excluding hydrogens is 196 g/mol. The average molecular weight is 216 g/mol. The minimum Gasteiger partial charge on any atom is -0.493 e. The second-order valence-corrected chi connectivity index (χ2v) is 4.55. The predicted molar refractivity (Wildman–Crippen MR) is 67.7 cm³/mol. The Bertz CT molecular complexity index is 340. The van der Waals surface area contributed by atoms with Crippen LogP contribution < -0.4 is 4.74 Å². The zero-order chi connectivity index (χ0) is 11.2. The van der Waals surface area contributed by atoms with Crippen molar-refractivity contribution in [3.63, 3.8) is 0 Å². The topological polar surface area (TPSA) is 9.23 Å². The highest BCUT2D eigenvalue weighted by molar-refractivity contribution is 5.21. The van der Waals surface area contributed by atoms with E-state index in [-0.39, 0.29) is 0 Å². The Kier molecular flexibility index (Phi) is 4.03. The van der Waals surface area contributed by atoms with Crippen molar-refractivity contribution >= 4 is 0 Å². The number of hydrogen-bond acceptors (Lipinski definition) is 1. The fraction of sp³-hybridized carbons (Fsp3) is 0.467. The summed E-state index contributed by atoms with van der Waals surface area (Å²) >= 11 is 0. The van der Waals surface area contributed by atoms with Gasteiger partial charge in [0.15, 0.2) is 0 Å². The van der Waals surface area contributed by atoms with Crippen molar-refractivity contribution in [1.29, 1.82) is 0 Å². The fourth-order valence-electron chi connectivity index (χ4n) is 2.16. The maximum atomic E-state index is 5.78. The SMILES string of the molecule is CC(COc1ccccc1)C1=CCCCC1. The average Bonchev–Trinajstić information content (AvgIpc) is 2.38. The summed E-state index contributed by atoms with van der Waals surface area (Å²) in [6.07, 6.45) is 7.63. The molecule has 86 valence electrons. The zero-order valence-electron chi connectivity index (χ0n) is 9.99. The van der Waals surface area contributed by atoms with Crippen molar-refractivity contribution in [2.45, 2.75) is 32.6 Å². The fourth-order valence-corrected chi connectivity index (χ4v) is 2.16. The van der Waals surface area contributed by atoms with Crippen molar-refractivity contribution < 1.29 is 4.74 Å². The van der Waals surface area contributed by atoms with Crippen LogP contribution >= 0.6 is 0 Å². The summed E-state index contributed by atoms with van der Waals surface area (Å²) in [5.74, 6) is 1.53. The highest BCUT2D eigenvalue weighted by Crippen LogP contribution is 2.24. The molecule has 0 spiro atoms. The van der Waals surface area contributed by atoms with Crippen LogP contribution in [0.25, 0.3) is 0 Å². The Morgan fingerprint density at radius 3 is 2.69 bits per heavy atom. The van der Waals surface area contributed by atoms with E-state index in [9.17, 15) is 0 Å². The first kappa shape index (κ1) is 11.3. The molecule has 16 heavy (non-hydrogen) atoms. The highest BCUT2D eigenvalue weighted by atomic mass is 16.5. The molecule has 0 aliphatic heterocycles. The van der Waals surface area contributed by atoms with Gasteiger partial charge in [-0.25, -0.2) is 0 Å². The molecule has 0 amide bonds. The zero-order valence-corrected chi connectivity index (χ0v) is 9.99. The Labute approximate surface area is 98.1 Å². The molecule has 1 atom stereocenters. The molecule has 1 aliphatic rings. The second kappa shape index (κ2) is 5.74. The molecule has 0 saturated carbocycles. The van der Waals surface area contributed by atoms with Gasteiger partial charge < -0.3 is 4.74 Å². The van der Waals surface area contributed by atoms with Crippen LogP contribution in [0.2, 0.25) is 0 Å². The first-order valence-corrected chi connectivity index (χ1v) is 6.23. The molecule has 0 heterocycles. The molecule has 0 saturated heterocycles. The lowest BCUT2D eigenvalue weighted by atomic mass is 9.91. The number of hydrogen-bond donors (Lipinski definition) is 0. The predicted octanol–water partition coefficient (Wildman–Crippen LogP) is 4.20. The standard InChI is InChI=1S/C15H20O/c1-13(14-8-4-2-5-9-14)12-16-15-10-6-3-7-11-15/h3,6-8,10-11,13H,2,4-5,9,12H2,1H3. The summed E-state index contributed by atoms with van der Waals surface area (Å²) < 4.78 is 5.78. The number of para-hydroxylation sites is 1. The number of benzene rings is 1. The van der Waals surface area contributed by atoms with Gasteiger partial charge in [-0.2, -0.15) is 0 Å². The lowest BCUT2D eigenvalue weighted by Gasteiger charge is -2.19. The lowest BCUT2D eigenvalue weighted by molar-refractivity contribution is 0.274. The first-order valence-electron chi connectivity index (χ1n) is 6.23. The minimum absolute atomic E-state index is 0.556. The van der Waals surface area contributed by atoms with Gasteiger partial charge in [-0.15, -0.1) is 0 Å². The van der Waals surface area contributed by atoms with Gasteiger partial charge in [-0.3, -0.25) is 0 Å². The third kappa shape index (κ3) is 3.13. The summed E-state index contributed by atoms with van der Waals surface area (Å²) in [6.45, 7) is 3.07. The molecule has 2 rings (SSSR count). The molecule has 1 aromatic carbocycles. The van der Waals surface area contributed by atoms with Gasteiger partial charge >= 0.3 is 0 Å². The van der Waals surface area contributed by atoms with Crippen LogP contribution in [0.15, 0.2) is 42.0 Å². The number of ether oxygens (including phenoxy) is 1. The second-order valence-electron chi connectivity index (χ2n) is 4.55. The van der Waals surface area contributed by atoms with Crippen LogP contribution in [-0.2, 0) is 0 Å². The van der Waals surface area contributed by atoms with Gasteiger partial charge in [0.05, 0.1) is 6.61 Å². The third-order valence-electron chi connectivity index (χ3n) is 3.20. The van der Waals surface area contributed by atoms with E-state index in [0.29, 0.717) is 5.92 Å². The molecule has 0 radical (unpaired) electrons. The number of allylic oxidation sites excluding steroid dienone is 1. The van der Waals surface area contributed by atoms with Gasteiger partial charge in [0, 0.05) is 5.92 Å². The van der Waals surface area contributed by atoms with Crippen LogP contribution in [0.5, 0.6) is 5.75 Å². The van der Waals surface area contributed by atoms with Crippen LogP contribution in [0.3, 0.4) is 0 Å². The van der Waals surface area contributed by atoms with Crippen LogP contribution in [0.1, 0.15) is 32.6 Å². The smallest absolute Gasteiger partial charge is 0.119 e. The molecule has 0 bridgehead atoms. The Hall–Kier alpha value is -1.24. The highest BCUT2D eigenvalue weighted by Gasteiger charge is 2.11. The van der Waals surface area contributed by atoms with E-state index in [0.717, 1.165) is 12.4 Å². The third-order valence-corrected chi connectivity index (χ3v) is 3.20. The van der Waals surface area contributed by atoms with Crippen molar-refractivity contribution in [2.24, 2.45) is 5.92 Å². The molecule has 0 aromatic heterocycles. The maximum Gasteiger partial charge on any atom is 0.119 e. The van der Waals surface area contributed by atoms with Gasteiger partial charge in [-0.1, -0.05) is 36.8 Å². The summed E-state index contributed by atoms with van der Waals surface area (Å²) in [7, 11) is 0. The Morgan fingerprint density at radius 1 is 1.19 bits per heavy atom. The summed E-state index contributed by atoms with van der Waals surface area (Å²) in [5, 5.41) is 0. The van der Waals surface area contributed by atoms with Gasteiger partial charge in [0.1, 0.15) is 5.75 Å². The van der Waals surface area contributed by atoms with E-state index < -0.39 is 0 Å². The van der Waals surface area contributed by atoms with E-state index in [1.165, 1.54) is 25.7 Å². The monoisotopic (exact) mass is 216 g/mol. The first-order chi connectivity index (χ1) is 7.86. The van der Waals surface area contributed by atoms with E-state index in [1.54, 1.807) is 5.57 Å². The van der Waals surface area contributed by atoms with Gasteiger partial charge in [-0.05, 0) is 37.8 Å². The molecule has 1 aliphatic carbocycles. The lowest BCUT2D eigenvalue weighted by Crippen LogP contribution is -2.12. The van der Waals surface area contributed by atoms with Crippen LogP contribution in [0.4, 0.5) is 0 Å². The molecular formula is C15H20O. The summed E-state index contributed by atoms with van der Waals surface area (Å²) in [6, 6.07) is 10.1. The van der Waals surface area contributed by atoms with Crippen molar-refractivity contribution in [1.82, 2.24) is 0 Å². The van der Waals surface area contributed by atoms with Crippen LogP contribution in [0, 0.1) is 5.92 Å². The quantitative estimate of drug-likeness (QED) is 0.685. The van der Waals surface area contributed by atoms with E-state index in [1.807, 2.05) is 30.3 Å². The van der Waals surface area contributed by atoms with E-state index in [2.05, 4.69) is 13.0 Å². The van der Waals surface area contributed by atoms with E-state index in [4.69, 9.17) is 4.74 Å². The molecule has 1 heteroatoms. The molecule has 1 aromatic rings. The van der Waals surface area contributed by atoms with Crippen molar-refractivity contribution in [3.05, 3.63) is 42.0 Å². The normalized spacial score (nSPS) is 17.7. The Balaban J connectivity index is 1.83. The van der Waals surface area contributed by atoms with Gasteiger partial charge in [0.25, 0.3) is 0 Å².